The van der Waals surface area contributed by atoms with Gasteiger partial charge in [-0.2, -0.15) is 0 Å². The second-order valence-electron chi connectivity index (χ2n) is 5.57. The third kappa shape index (κ3) is 2.67. The van der Waals surface area contributed by atoms with Crippen molar-refractivity contribution < 1.29 is 0 Å². The second-order valence-corrected chi connectivity index (χ2v) is 5.57. The molecule has 2 N–H and O–H groups in total. The van der Waals surface area contributed by atoms with E-state index in [2.05, 4.69) is 36.2 Å². The zero-order valence-corrected chi connectivity index (χ0v) is 12.0. The molecule has 20 heavy (non-hydrogen) atoms. The minimum Gasteiger partial charge on any atom is -0.384 e. The highest BCUT2D eigenvalue weighted by atomic mass is 14.9. The molecule has 3 heteroatoms. The van der Waals surface area contributed by atoms with Crippen molar-refractivity contribution in [2.75, 3.05) is 5.73 Å². The molecule has 1 saturated carbocycles. The lowest BCUT2D eigenvalue weighted by atomic mass is 10.0. The highest BCUT2D eigenvalue weighted by molar-refractivity contribution is 5.57. The third-order valence-electron chi connectivity index (χ3n) is 4.16. The van der Waals surface area contributed by atoms with Crippen LogP contribution in [0.4, 0.5) is 5.82 Å². The van der Waals surface area contributed by atoms with Gasteiger partial charge in [0.15, 0.2) is 5.82 Å². The summed E-state index contributed by atoms with van der Waals surface area (Å²) in [4.78, 5) is 9.15. The van der Waals surface area contributed by atoms with Crippen molar-refractivity contribution in [1.82, 2.24) is 9.97 Å². The number of aromatic nitrogens is 2. The molecule has 104 valence electrons. The molecule has 0 atom stereocenters. The summed E-state index contributed by atoms with van der Waals surface area (Å²) >= 11 is 0. The molecule has 1 fully saturated rings. The van der Waals surface area contributed by atoms with E-state index in [1.54, 1.807) is 0 Å². The topological polar surface area (TPSA) is 51.8 Å². The fourth-order valence-electron chi connectivity index (χ4n) is 2.93. The van der Waals surface area contributed by atoms with Gasteiger partial charge in [-0.1, -0.05) is 44.0 Å². The van der Waals surface area contributed by atoms with Crippen molar-refractivity contribution >= 4 is 5.82 Å². The molecule has 0 radical (unpaired) electrons. The fraction of sp³-hybridized carbons (Fsp3) is 0.412. The first-order valence-electron chi connectivity index (χ1n) is 7.50. The minimum absolute atomic E-state index is 0.564. The van der Waals surface area contributed by atoms with Gasteiger partial charge in [0.25, 0.3) is 0 Å². The van der Waals surface area contributed by atoms with Crippen LogP contribution in [-0.4, -0.2) is 9.97 Å². The number of nitrogen functional groups attached to an aromatic ring is 1. The smallest absolute Gasteiger partial charge is 0.161 e. The van der Waals surface area contributed by atoms with Gasteiger partial charge < -0.3 is 5.73 Å². The summed E-state index contributed by atoms with van der Waals surface area (Å²) in [7, 11) is 0. The van der Waals surface area contributed by atoms with Crippen molar-refractivity contribution in [2.45, 2.75) is 44.9 Å². The third-order valence-corrected chi connectivity index (χ3v) is 4.16. The average molecular weight is 267 g/mol. The van der Waals surface area contributed by atoms with Crippen LogP contribution in [0.5, 0.6) is 0 Å². The predicted octanol–water partition coefficient (Wildman–Crippen LogP) is 3.95. The predicted molar refractivity (Wildman–Crippen MR) is 82.5 cm³/mol. The van der Waals surface area contributed by atoms with E-state index in [0.29, 0.717) is 11.7 Å². The Labute approximate surface area is 120 Å². The van der Waals surface area contributed by atoms with Gasteiger partial charge >= 0.3 is 0 Å². The summed E-state index contributed by atoms with van der Waals surface area (Å²) < 4.78 is 0. The van der Waals surface area contributed by atoms with Crippen LogP contribution in [0, 0.1) is 0 Å². The number of benzene rings is 1. The Hall–Kier alpha value is -1.90. The summed E-state index contributed by atoms with van der Waals surface area (Å²) in [6.45, 7) is 2.16. The van der Waals surface area contributed by atoms with Crippen LogP contribution in [-0.2, 0) is 6.42 Å². The molecule has 0 amide bonds. The van der Waals surface area contributed by atoms with Crippen LogP contribution in [0.25, 0.3) is 11.4 Å². The lowest BCUT2D eigenvalue weighted by molar-refractivity contribution is 0.696. The highest BCUT2D eigenvalue weighted by Gasteiger charge is 2.19. The molecule has 1 heterocycles. The number of aryl methyl sites for hydroxylation is 1. The van der Waals surface area contributed by atoms with Crippen LogP contribution in [0.3, 0.4) is 0 Å². The Bertz CT molecular complexity index is 584. The van der Waals surface area contributed by atoms with Crippen molar-refractivity contribution in [3.8, 4) is 11.4 Å². The van der Waals surface area contributed by atoms with E-state index < -0.39 is 0 Å². The Morgan fingerprint density at radius 2 is 1.80 bits per heavy atom. The Balaban J connectivity index is 1.95. The minimum atomic E-state index is 0.564. The van der Waals surface area contributed by atoms with Crippen LogP contribution >= 0.6 is 0 Å². The first-order chi connectivity index (χ1) is 9.76. The molecule has 0 spiro atoms. The number of hydrogen-bond donors (Lipinski definition) is 1. The zero-order valence-electron chi connectivity index (χ0n) is 12.0. The first-order valence-corrected chi connectivity index (χ1v) is 7.50. The van der Waals surface area contributed by atoms with E-state index in [1.807, 2.05) is 6.07 Å². The summed E-state index contributed by atoms with van der Waals surface area (Å²) in [6.07, 6.45) is 6.10. The van der Waals surface area contributed by atoms with E-state index in [9.17, 15) is 0 Å². The van der Waals surface area contributed by atoms with Crippen LogP contribution < -0.4 is 5.73 Å². The Kier molecular flexibility index (Phi) is 3.68. The fourth-order valence-corrected chi connectivity index (χ4v) is 2.93. The average Bonchev–Trinajstić information content (AvgIpc) is 3.01. The largest absolute Gasteiger partial charge is 0.384 e. The van der Waals surface area contributed by atoms with E-state index in [4.69, 9.17) is 10.7 Å². The second kappa shape index (κ2) is 5.61. The monoisotopic (exact) mass is 267 g/mol. The molecule has 3 rings (SSSR count). The molecule has 0 bridgehead atoms. The number of nitrogens with two attached hydrogens (primary N) is 1. The van der Waals surface area contributed by atoms with E-state index >= 15 is 0 Å². The van der Waals surface area contributed by atoms with Gasteiger partial charge in [0.1, 0.15) is 5.82 Å². The molecule has 1 aromatic heterocycles. The van der Waals surface area contributed by atoms with Gasteiger partial charge in [0, 0.05) is 23.2 Å². The van der Waals surface area contributed by atoms with Crippen molar-refractivity contribution in [3.05, 3.63) is 41.6 Å². The number of nitrogens with zero attached hydrogens (tertiary/aromatic N) is 2. The zero-order chi connectivity index (χ0) is 13.9. The molecule has 3 nitrogen and oxygen atoms in total. The van der Waals surface area contributed by atoms with Crippen molar-refractivity contribution in [2.24, 2.45) is 0 Å². The summed E-state index contributed by atoms with van der Waals surface area (Å²) in [6, 6.07) is 10.4. The molecular weight excluding hydrogens is 246 g/mol. The molecule has 1 aliphatic rings. The van der Waals surface area contributed by atoms with Crippen molar-refractivity contribution in [3.63, 3.8) is 0 Å². The first kappa shape index (κ1) is 13.1. The van der Waals surface area contributed by atoms with E-state index in [-0.39, 0.29) is 0 Å². The van der Waals surface area contributed by atoms with Gasteiger partial charge in [-0.05, 0) is 24.8 Å². The standard InChI is InChI=1S/C17H21N3/c1-2-12-7-9-14(10-8-12)17-19-15(11-16(18)20-17)13-5-3-4-6-13/h7-11,13H,2-6H2,1H3,(H2,18,19,20). The maximum absolute atomic E-state index is 5.97. The van der Waals surface area contributed by atoms with E-state index in [0.717, 1.165) is 23.5 Å². The summed E-state index contributed by atoms with van der Waals surface area (Å²) in [5, 5.41) is 0. The quantitative estimate of drug-likeness (QED) is 0.916. The number of rotatable bonds is 3. The van der Waals surface area contributed by atoms with Gasteiger partial charge in [-0.3, -0.25) is 0 Å². The molecule has 0 aliphatic heterocycles. The SMILES string of the molecule is CCc1ccc(-c2nc(N)cc(C3CCCC3)n2)cc1. The van der Waals surface area contributed by atoms with Crippen LogP contribution in [0.1, 0.15) is 49.8 Å². The summed E-state index contributed by atoms with van der Waals surface area (Å²) in [5.41, 5.74) is 9.46. The van der Waals surface area contributed by atoms with Crippen LogP contribution in [0.15, 0.2) is 30.3 Å². The molecule has 0 unspecified atom stereocenters. The lowest BCUT2D eigenvalue weighted by Crippen LogP contribution is -2.03. The normalized spacial score (nSPS) is 15.7. The maximum atomic E-state index is 5.97. The number of anilines is 1. The highest BCUT2D eigenvalue weighted by Crippen LogP contribution is 2.34. The molecular formula is C17H21N3. The summed E-state index contributed by atoms with van der Waals surface area (Å²) in [5.74, 6) is 1.90. The Morgan fingerprint density at radius 1 is 1.10 bits per heavy atom. The molecule has 1 aliphatic carbocycles. The maximum Gasteiger partial charge on any atom is 0.161 e. The van der Waals surface area contributed by atoms with Gasteiger partial charge in [0.05, 0.1) is 0 Å². The van der Waals surface area contributed by atoms with Crippen molar-refractivity contribution in [1.29, 1.82) is 0 Å². The van der Waals surface area contributed by atoms with E-state index in [1.165, 1.54) is 31.2 Å². The molecule has 0 saturated heterocycles. The van der Waals surface area contributed by atoms with Gasteiger partial charge in [-0.25, -0.2) is 9.97 Å². The van der Waals surface area contributed by atoms with Crippen LogP contribution in [0.2, 0.25) is 0 Å². The van der Waals surface area contributed by atoms with Gasteiger partial charge in [-0.15, -0.1) is 0 Å². The van der Waals surface area contributed by atoms with Gasteiger partial charge in [0.2, 0.25) is 0 Å². The number of hydrogen-bond acceptors (Lipinski definition) is 3. The molecule has 1 aromatic carbocycles. The lowest BCUT2D eigenvalue weighted by Gasteiger charge is -2.11. The Morgan fingerprint density at radius 3 is 2.45 bits per heavy atom. The molecule has 2 aromatic rings.